The van der Waals surface area contributed by atoms with Gasteiger partial charge in [0.05, 0.1) is 13.2 Å². The molecule has 0 bridgehead atoms. The van der Waals surface area contributed by atoms with Crippen molar-refractivity contribution in [3.05, 3.63) is 42.0 Å². The summed E-state index contributed by atoms with van der Waals surface area (Å²) in [5.74, 6) is 0.267. The molecule has 2 atom stereocenters. The van der Waals surface area contributed by atoms with Crippen LogP contribution in [0.4, 0.5) is 4.39 Å². The van der Waals surface area contributed by atoms with Gasteiger partial charge in [-0.3, -0.25) is 9.69 Å². The van der Waals surface area contributed by atoms with Crippen LogP contribution in [0.5, 0.6) is 5.75 Å². The molecule has 0 aliphatic carbocycles. The molecule has 1 fully saturated rings. The number of hydrogen-bond donors (Lipinski definition) is 1. The molecule has 0 spiro atoms. The molecule has 3 rings (SSSR count). The summed E-state index contributed by atoms with van der Waals surface area (Å²) in [5, 5.41) is 2.14. The number of nitrogens with zero attached hydrogens (tertiary/aromatic N) is 1. The Hall–Kier alpha value is -2.14. The van der Waals surface area contributed by atoms with Gasteiger partial charge in [0.1, 0.15) is 11.9 Å². The summed E-state index contributed by atoms with van der Waals surface area (Å²) in [6.45, 7) is 0.665. The van der Waals surface area contributed by atoms with Crippen LogP contribution in [0.15, 0.2) is 36.4 Å². The average molecular weight is 302 g/mol. The molecule has 1 aliphatic rings. The smallest absolute Gasteiger partial charge is 0.234 e. The second kappa shape index (κ2) is 5.93. The summed E-state index contributed by atoms with van der Waals surface area (Å²) in [6, 6.07) is 11.3. The first kappa shape index (κ1) is 14.8. The molecule has 4 nitrogen and oxygen atoms in total. The second-order valence-electron chi connectivity index (χ2n) is 5.65. The number of hydrogen-bond acceptors (Lipinski definition) is 3. The van der Waals surface area contributed by atoms with E-state index in [0.29, 0.717) is 6.54 Å². The molecular weight excluding hydrogens is 283 g/mol. The van der Waals surface area contributed by atoms with Crippen LogP contribution in [-0.2, 0) is 11.3 Å². The lowest BCUT2D eigenvalue weighted by Gasteiger charge is -2.23. The van der Waals surface area contributed by atoms with E-state index in [9.17, 15) is 9.18 Å². The molecule has 0 unspecified atom stereocenters. The Bertz CT molecular complexity index is 704. The van der Waals surface area contributed by atoms with Crippen molar-refractivity contribution in [2.24, 2.45) is 5.73 Å². The fourth-order valence-corrected chi connectivity index (χ4v) is 3.19. The van der Waals surface area contributed by atoms with Gasteiger partial charge in [0.15, 0.2) is 0 Å². The molecular formula is C17H19FN2O2. The van der Waals surface area contributed by atoms with Gasteiger partial charge < -0.3 is 10.5 Å². The lowest BCUT2D eigenvalue weighted by molar-refractivity contribution is -0.122. The van der Waals surface area contributed by atoms with Crippen molar-refractivity contribution in [3.63, 3.8) is 0 Å². The van der Waals surface area contributed by atoms with E-state index in [0.717, 1.165) is 22.1 Å². The Morgan fingerprint density at radius 3 is 2.86 bits per heavy atom. The van der Waals surface area contributed by atoms with E-state index in [1.54, 1.807) is 12.0 Å². The highest BCUT2D eigenvalue weighted by atomic mass is 19.1. The number of ether oxygens (including phenoxy) is 1. The SMILES string of the molecule is COc1ccc2ccccc2c1CN1C[C@H](F)C[C@H]1C(N)=O. The van der Waals surface area contributed by atoms with Crippen LogP contribution in [0, 0.1) is 0 Å². The number of carbonyl (C=O) groups is 1. The van der Waals surface area contributed by atoms with Gasteiger partial charge in [-0.1, -0.05) is 30.3 Å². The van der Waals surface area contributed by atoms with Gasteiger partial charge in [-0.25, -0.2) is 4.39 Å². The number of likely N-dealkylation sites (tertiary alicyclic amines) is 1. The first-order valence-electron chi connectivity index (χ1n) is 7.32. The maximum absolute atomic E-state index is 13.7. The number of benzene rings is 2. The van der Waals surface area contributed by atoms with Crippen molar-refractivity contribution in [1.82, 2.24) is 4.90 Å². The lowest BCUT2D eigenvalue weighted by Crippen LogP contribution is -2.39. The zero-order chi connectivity index (χ0) is 15.7. The number of methoxy groups -OCH3 is 1. The van der Waals surface area contributed by atoms with Crippen LogP contribution in [0.2, 0.25) is 0 Å². The number of rotatable bonds is 4. The predicted octanol–water partition coefficient (Wildman–Crippen LogP) is 2.25. The maximum atomic E-state index is 13.7. The molecule has 5 heteroatoms. The molecule has 0 aromatic heterocycles. The van der Waals surface area contributed by atoms with Crippen LogP contribution >= 0.6 is 0 Å². The van der Waals surface area contributed by atoms with Crippen LogP contribution in [-0.4, -0.2) is 36.7 Å². The summed E-state index contributed by atoms with van der Waals surface area (Å²) in [7, 11) is 1.61. The minimum absolute atomic E-state index is 0.169. The van der Waals surface area contributed by atoms with Gasteiger partial charge in [-0.05, 0) is 16.8 Å². The molecule has 0 saturated carbocycles. The van der Waals surface area contributed by atoms with Crippen LogP contribution in [0.25, 0.3) is 10.8 Å². The Labute approximate surface area is 128 Å². The van der Waals surface area contributed by atoms with Gasteiger partial charge in [0, 0.05) is 25.1 Å². The molecule has 0 radical (unpaired) electrons. The number of nitrogens with two attached hydrogens (primary N) is 1. The van der Waals surface area contributed by atoms with Crippen molar-refractivity contribution in [1.29, 1.82) is 0 Å². The third kappa shape index (κ3) is 2.64. The second-order valence-corrected chi connectivity index (χ2v) is 5.65. The standard InChI is InChI=1S/C17H19FN2O2/c1-22-16-7-6-11-4-2-3-5-13(11)14(16)10-20-9-12(18)8-15(20)17(19)21/h2-7,12,15H,8-10H2,1H3,(H2,19,21)/t12-,15+/m1/s1. The molecule has 1 amide bonds. The molecule has 22 heavy (non-hydrogen) atoms. The fraction of sp³-hybridized carbons (Fsp3) is 0.353. The number of carbonyl (C=O) groups excluding carboxylic acids is 1. The van der Waals surface area contributed by atoms with Crippen molar-refractivity contribution in [3.8, 4) is 5.75 Å². The number of halogens is 1. The molecule has 2 aromatic rings. The van der Waals surface area contributed by atoms with Gasteiger partial charge in [-0.15, -0.1) is 0 Å². The normalized spacial score (nSPS) is 22.1. The van der Waals surface area contributed by atoms with Crippen molar-refractivity contribution < 1.29 is 13.9 Å². The van der Waals surface area contributed by atoms with Crippen LogP contribution < -0.4 is 10.5 Å². The molecule has 2 aromatic carbocycles. The quantitative estimate of drug-likeness (QED) is 0.942. The summed E-state index contributed by atoms with van der Waals surface area (Å²) in [6.07, 6.45) is -0.846. The Balaban J connectivity index is 2.00. The minimum Gasteiger partial charge on any atom is -0.496 e. The molecule has 1 saturated heterocycles. The number of primary amides is 1. The number of alkyl halides is 1. The van der Waals surface area contributed by atoms with E-state index in [4.69, 9.17) is 10.5 Å². The molecule has 116 valence electrons. The van der Waals surface area contributed by atoms with Gasteiger partial charge in [0.2, 0.25) is 5.91 Å². The van der Waals surface area contributed by atoms with Gasteiger partial charge >= 0.3 is 0 Å². The largest absolute Gasteiger partial charge is 0.496 e. The van der Waals surface area contributed by atoms with E-state index in [2.05, 4.69) is 0 Å². The predicted molar refractivity (Wildman–Crippen MR) is 83.4 cm³/mol. The Kier molecular flexibility index (Phi) is 3.98. The minimum atomic E-state index is -1.02. The monoisotopic (exact) mass is 302 g/mol. The molecule has 1 aliphatic heterocycles. The summed E-state index contributed by atoms with van der Waals surface area (Å²) >= 11 is 0. The molecule has 1 heterocycles. The van der Waals surface area contributed by atoms with Crippen molar-refractivity contribution >= 4 is 16.7 Å². The van der Waals surface area contributed by atoms with Crippen LogP contribution in [0.1, 0.15) is 12.0 Å². The summed E-state index contributed by atoms with van der Waals surface area (Å²) < 4.78 is 19.2. The first-order valence-corrected chi connectivity index (χ1v) is 7.32. The van der Waals surface area contributed by atoms with E-state index in [1.807, 2.05) is 36.4 Å². The maximum Gasteiger partial charge on any atom is 0.234 e. The highest BCUT2D eigenvalue weighted by Gasteiger charge is 2.36. The Morgan fingerprint density at radius 2 is 2.14 bits per heavy atom. The average Bonchev–Trinajstić information content (AvgIpc) is 2.88. The highest BCUT2D eigenvalue weighted by molar-refractivity contribution is 5.88. The van der Waals surface area contributed by atoms with Gasteiger partial charge in [0.25, 0.3) is 0 Å². The topological polar surface area (TPSA) is 55.6 Å². The third-order valence-corrected chi connectivity index (χ3v) is 4.26. The summed E-state index contributed by atoms with van der Waals surface area (Å²) in [5.41, 5.74) is 6.37. The third-order valence-electron chi connectivity index (χ3n) is 4.26. The zero-order valence-electron chi connectivity index (χ0n) is 12.5. The van der Waals surface area contributed by atoms with Gasteiger partial charge in [-0.2, -0.15) is 0 Å². The fourth-order valence-electron chi connectivity index (χ4n) is 3.19. The summed E-state index contributed by atoms with van der Waals surface area (Å²) in [4.78, 5) is 13.4. The van der Waals surface area contributed by atoms with Crippen molar-refractivity contribution in [2.75, 3.05) is 13.7 Å². The zero-order valence-corrected chi connectivity index (χ0v) is 12.5. The number of fused-ring (bicyclic) bond motifs is 1. The van der Waals surface area contributed by atoms with Crippen LogP contribution in [0.3, 0.4) is 0 Å². The van der Waals surface area contributed by atoms with E-state index >= 15 is 0 Å². The number of amides is 1. The van der Waals surface area contributed by atoms with Crippen molar-refractivity contribution in [2.45, 2.75) is 25.2 Å². The first-order chi connectivity index (χ1) is 10.6. The Morgan fingerprint density at radius 1 is 1.36 bits per heavy atom. The van der Waals surface area contributed by atoms with E-state index < -0.39 is 18.1 Å². The lowest BCUT2D eigenvalue weighted by atomic mass is 10.0. The molecule has 2 N–H and O–H groups in total. The van der Waals surface area contributed by atoms with E-state index in [1.165, 1.54) is 0 Å². The van der Waals surface area contributed by atoms with E-state index in [-0.39, 0.29) is 13.0 Å². The highest BCUT2D eigenvalue weighted by Crippen LogP contribution is 2.31.